The Balaban J connectivity index is 1.43. The topological polar surface area (TPSA) is 72.8 Å². The Hall–Kier alpha value is -3.08. The second-order valence-electron chi connectivity index (χ2n) is 8.10. The first-order chi connectivity index (χ1) is 15.6. The standard InChI is InChI=1S/C27H32O5/c1-2-9-23-21-11-8-12-24(28)22(21)15-16-26(23)32-19-7-3-6-18-31-25-13-5-4-10-20(25)14-17-27(29)30/h2,4-5,10,13,15-16H,1,3,6-9,11-12,14,17-19H2,(H,29,30). The van der Waals surface area contributed by atoms with Gasteiger partial charge in [-0.15, -0.1) is 6.58 Å². The number of rotatable bonds is 13. The second-order valence-corrected chi connectivity index (χ2v) is 8.10. The number of hydrogen-bond acceptors (Lipinski definition) is 4. The minimum absolute atomic E-state index is 0.0996. The molecule has 3 rings (SSSR count). The average molecular weight is 437 g/mol. The van der Waals surface area contributed by atoms with E-state index in [0.29, 0.717) is 32.5 Å². The Labute approximate surface area is 190 Å². The molecular weight excluding hydrogens is 404 g/mol. The van der Waals surface area contributed by atoms with Crippen molar-refractivity contribution in [2.45, 2.75) is 57.8 Å². The lowest BCUT2D eigenvalue weighted by Crippen LogP contribution is -2.14. The maximum Gasteiger partial charge on any atom is 0.303 e. The van der Waals surface area contributed by atoms with E-state index in [1.807, 2.05) is 42.5 Å². The Morgan fingerprint density at radius 3 is 2.50 bits per heavy atom. The van der Waals surface area contributed by atoms with Gasteiger partial charge >= 0.3 is 5.97 Å². The normalized spacial score (nSPS) is 12.8. The molecule has 1 aliphatic carbocycles. The zero-order chi connectivity index (χ0) is 22.8. The number of carbonyl (C=O) groups excluding carboxylic acids is 1. The molecule has 5 heteroatoms. The van der Waals surface area contributed by atoms with Crippen LogP contribution in [0.4, 0.5) is 0 Å². The van der Waals surface area contributed by atoms with Gasteiger partial charge in [0.15, 0.2) is 5.78 Å². The molecule has 0 heterocycles. The van der Waals surface area contributed by atoms with Crippen LogP contribution >= 0.6 is 0 Å². The third-order valence-electron chi connectivity index (χ3n) is 5.75. The van der Waals surface area contributed by atoms with Crippen molar-refractivity contribution in [3.05, 3.63) is 71.3 Å². The number of para-hydroxylation sites is 1. The SMILES string of the molecule is C=CCc1c(OCCCCCOc2ccccc2CCC(=O)O)ccc2c1CCCC2=O. The highest BCUT2D eigenvalue weighted by molar-refractivity contribution is 5.99. The smallest absolute Gasteiger partial charge is 0.303 e. The van der Waals surface area contributed by atoms with Crippen LogP contribution in [0, 0.1) is 0 Å². The molecule has 0 radical (unpaired) electrons. The molecule has 170 valence electrons. The molecule has 1 N–H and O–H groups in total. The van der Waals surface area contributed by atoms with Crippen molar-refractivity contribution in [2.24, 2.45) is 0 Å². The van der Waals surface area contributed by atoms with E-state index < -0.39 is 5.97 Å². The van der Waals surface area contributed by atoms with E-state index in [0.717, 1.165) is 65.9 Å². The van der Waals surface area contributed by atoms with Gasteiger partial charge in [-0.25, -0.2) is 0 Å². The van der Waals surface area contributed by atoms with Gasteiger partial charge in [0, 0.05) is 24.0 Å². The number of ether oxygens (including phenoxy) is 2. The van der Waals surface area contributed by atoms with Crippen molar-refractivity contribution >= 4 is 11.8 Å². The highest BCUT2D eigenvalue weighted by atomic mass is 16.5. The molecule has 0 saturated carbocycles. The number of aliphatic carboxylic acids is 1. The zero-order valence-electron chi connectivity index (χ0n) is 18.6. The molecular formula is C27H32O5. The molecule has 0 saturated heterocycles. The fourth-order valence-electron chi connectivity index (χ4n) is 4.12. The predicted molar refractivity (Wildman–Crippen MR) is 125 cm³/mol. The van der Waals surface area contributed by atoms with E-state index in [2.05, 4.69) is 6.58 Å². The molecule has 0 atom stereocenters. The number of aryl methyl sites for hydroxylation is 1. The molecule has 0 fully saturated rings. The summed E-state index contributed by atoms with van der Waals surface area (Å²) in [6, 6.07) is 11.5. The maximum absolute atomic E-state index is 12.2. The molecule has 0 unspecified atom stereocenters. The summed E-state index contributed by atoms with van der Waals surface area (Å²) in [4.78, 5) is 23.0. The van der Waals surface area contributed by atoms with Gasteiger partial charge in [0.1, 0.15) is 11.5 Å². The van der Waals surface area contributed by atoms with Crippen LogP contribution in [0.1, 0.15) is 65.6 Å². The number of carboxylic acids is 1. The second kappa shape index (κ2) is 12.1. The monoisotopic (exact) mass is 436 g/mol. The van der Waals surface area contributed by atoms with Crippen molar-refractivity contribution in [1.29, 1.82) is 0 Å². The van der Waals surface area contributed by atoms with Gasteiger partial charge in [0.25, 0.3) is 0 Å². The number of carboxylic acid groups (broad SMARTS) is 1. The van der Waals surface area contributed by atoms with Crippen LogP contribution < -0.4 is 9.47 Å². The molecule has 2 aromatic carbocycles. The predicted octanol–water partition coefficient (Wildman–Crippen LogP) is 5.58. The number of ketones is 1. The Bertz CT molecular complexity index is 947. The van der Waals surface area contributed by atoms with Crippen LogP contribution in [-0.4, -0.2) is 30.1 Å². The molecule has 0 aromatic heterocycles. The van der Waals surface area contributed by atoms with Crippen molar-refractivity contribution < 1.29 is 24.2 Å². The van der Waals surface area contributed by atoms with Crippen molar-refractivity contribution in [3.63, 3.8) is 0 Å². The summed E-state index contributed by atoms with van der Waals surface area (Å²) in [7, 11) is 0. The first-order valence-corrected chi connectivity index (χ1v) is 11.4. The highest BCUT2D eigenvalue weighted by Crippen LogP contribution is 2.32. The minimum Gasteiger partial charge on any atom is -0.493 e. The van der Waals surface area contributed by atoms with Gasteiger partial charge < -0.3 is 14.6 Å². The van der Waals surface area contributed by atoms with Gasteiger partial charge in [0.2, 0.25) is 0 Å². The number of fused-ring (bicyclic) bond motifs is 1. The summed E-state index contributed by atoms with van der Waals surface area (Å²) in [5.74, 6) is 1.05. The fourth-order valence-corrected chi connectivity index (χ4v) is 4.12. The molecule has 32 heavy (non-hydrogen) atoms. The summed E-state index contributed by atoms with van der Waals surface area (Å²) in [5.41, 5.74) is 4.01. The van der Waals surface area contributed by atoms with Crippen molar-refractivity contribution in [3.8, 4) is 11.5 Å². The number of hydrogen-bond donors (Lipinski definition) is 1. The maximum atomic E-state index is 12.2. The fraction of sp³-hybridized carbons (Fsp3) is 0.407. The molecule has 1 aliphatic rings. The van der Waals surface area contributed by atoms with E-state index in [1.165, 1.54) is 0 Å². The van der Waals surface area contributed by atoms with Gasteiger partial charge in [-0.1, -0.05) is 24.3 Å². The summed E-state index contributed by atoms with van der Waals surface area (Å²) < 4.78 is 12.0. The van der Waals surface area contributed by atoms with Crippen LogP contribution in [0.5, 0.6) is 11.5 Å². The third kappa shape index (κ3) is 6.46. The largest absolute Gasteiger partial charge is 0.493 e. The van der Waals surface area contributed by atoms with Crippen LogP contribution in [0.15, 0.2) is 49.1 Å². The molecule has 5 nitrogen and oxygen atoms in total. The van der Waals surface area contributed by atoms with Crippen LogP contribution in [0.25, 0.3) is 0 Å². The first kappa shape index (κ1) is 23.6. The number of benzene rings is 2. The summed E-state index contributed by atoms with van der Waals surface area (Å²) >= 11 is 0. The number of allylic oxidation sites excluding steroid dienone is 1. The van der Waals surface area contributed by atoms with Crippen molar-refractivity contribution in [1.82, 2.24) is 0 Å². The van der Waals surface area contributed by atoms with Crippen LogP contribution in [0.2, 0.25) is 0 Å². The van der Waals surface area contributed by atoms with E-state index in [-0.39, 0.29) is 12.2 Å². The Morgan fingerprint density at radius 1 is 1.00 bits per heavy atom. The van der Waals surface area contributed by atoms with Gasteiger partial charge in [0.05, 0.1) is 13.2 Å². The zero-order valence-corrected chi connectivity index (χ0v) is 18.6. The molecule has 2 aromatic rings. The summed E-state index contributed by atoms with van der Waals surface area (Å²) in [6.45, 7) is 5.07. The average Bonchev–Trinajstić information content (AvgIpc) is 2.79. The van der Waals surface area contributed by atoms with Gasteiger partial charge in [-0.3, -0.25) is 9.59 Å². The lowest BCUT2D eigenvalue weighted by atomic mass is 9.86. The lowest BCUT2D eigenvalue weighted by Gasteiger charge is -2.21. The summed E-state index contributed by atoms with van der Waals surface area (Å²) in [5, 5.41) is 8.89. The van der Waals surface area contributed by atoms with E-state index in [9.17, 15) is 9.59 Å². The van der Waals surface area contributed by atoms with Gasteiger partial charge in [-0.2, -0.15) is 0 Å². The number of Topliss-reactive ketones (excluding diaryl/α,β-unsaturated/α-hetero) is 1. The highest BCUT2D eigenvalue weighted by Gasteiger charge is 2.21. The van der Waals surface area contributed by atoms with Crippen molar-refractivity contribution in [2.75, 3.05) is 13.2 Å². The number of unbranched alkanes of at least 4 members (excludes halogenated alkanes) is 2. The van der Waals surface area contributed by atoms with E-state index in [1.54, 1.807) is 0 Å². The summed E-state index contributed by atoms with van der Waals surface area (Å²) in [6.07, 6.45) is 8.38. The lowest BCUT2D eigenvalue weighted by molar-refractivity contribution is -0.136. The Kier molecular flexibility index (Phi) is 8.90. The Morgan fingerprint density at radius 2 is 1.75 bits per heavy atom. The minimum atomic E-state index is -0.804. The quantitative estimate of drug-likeness (QED) is 0.328. The van der Waals surface area contributed by atoms with Crippen LogP contribution in [-0.2, 0) is 24.1 Å². The van der Waals surface area contributed by atoms with Gasteiger partial charge in [-0.05, 0) is 74.3 Å². The third-order valence-corrected chi connectivity index (χ3v) is 5.75. The van der Waals surface area contributed by atoms with E-state index >= 15 is 0 Å². The van der Waals surface area contributed by atoms with Crippen LogP contribution in [0.3, 0.4) is 0 Å². The van der Waals surface area contributed by atoms with E-state index in [4.69, 9.17) is 14.6 Å². The molecule has 0 aliphatic heterocycles. The molecule has 0 bridgehead atoms. The molecule has 0 spiro atoms. The first-order valence-electron chi connectivity index (χ1n) is 11.4. The molecule has 0 amide bonds. The number of carbonyl (C=O) groups is 2.